The van der Waals surface area contributed by atoms with Gasteiger partial charge >= 0.3 is 5.97 Å². The van der Waals surface area contributed by atoms with E-state index in [2.05, 4.69) is 11.3 Å². The molecule has 110 valence electrons. The van der Waals surface area contributed by atoms with Crippen molar-refractivity contribution in [2.24, 2.45) is 0 Å². The molecule has 0 radical (unpaired) electrons. The smallest absolute Gasteiger partial charge is 0.322 e. The second-order valence-electron chi connectivity index (χ2n) is 4.43. The summed E-state index contributed by atoms with van der Waals surface area (Å²) in [5.41, 5.74) is 1.05. The Kier molecular flexibility index (Phi) is 5.91. The van der Waals surface area contributed by atoms with Gasteiger partial charge in [0.25, 0.3) is 0 Å². The first-order valence-electron chi connectivity index (χ1n) is 6.35. The molecule has 1 aromatic carbocycles. The van der Waals surface area contributed by atoms with Gasteiger partial charge in [-0.2, -0.15) is 4.72 Å². The molecular formula is C14H19NO4S. The van der Waals surface area contributed by atoms with Crippen molar-refractivity contribution in [1.82, 2.24) is 4.72 Å². The van der Waals surface area contributed by atoms with Gasteiger partial charge in [-0.1, -0.05) is 31.6 Å². The molecule has 2 N–H and O–H groups in total. The molecule has 0 heterocycles. The third-order valence-electron chi connectivity index (χ3n) is 2.77. The fraction of sp³-hybridized carbons (Fsp3) is 0.357. The molecule has 1 unspecified atom stereocenters. The zero-order chi connectivity index (χ0) is 15.2. The maximum atomic E-state index is 12.1. The van der Waals surface area contributed by atoms with Gasteiger partial charge < -0.3 is 5.11 Å². The Morgan fingerprint density at radius 3 is 2.45 bits per heavy atom. The lowest BCUT2D eigenvalue weighted by Crippen LogP contribution is -2.40. The second-order valence-corrected chi connectivity index (χ2v) is 6.14. The molecule has 0 amide bonds. The Bertz CT molecular complexity index is 563. The third kappa shape index (κ3) is 4.47. The minimum atomic E-state index is -3.84. The molecule has 0 saturated heterocycles. The van der Waals surface area contributed by atoms with Gasteiger partial charge in [0, 0.05) is 0 Å². The number of carboxylic acid groups (broad SMARTS) is 1. The molecule has 6 heteroatoms. The summed E-state index contributed by atoms with van der Waals surface area (Å²) < 4.78 is 26.3. The SMILES string of the molecule is C=CCC(NS(=O)(=O)c1ccc(CCC)cc1)C(=O)O. The lowest BCUT2D eigenvalue weighted by Gasteiger charge is -2.13. The zero-order valence-electron chi connectivity index (χ0n) is 11.4. The van der Waals surface area contributed by atoms with Crippen LogP contribution in [-0.2, 0) is 21.2 Å². The lowest BCUT2D eigenvalue weighted by molar-refractivity contribution is -0.138. The number of carboxylic acids is 1. The molecule has 0 spiro atoms. The van der Waals surface area contributed by atoms with E-state index in [4.69, 9.17) is 5.11 Å². The van der Waals surface area contributed by atoms with Gasteiger partial charge in [-0.15, -0.1) is 6.58 Å². The molecule has 0 fully saturated rings. The van der Waals surface area contributed by atoms with Crippen molar-refractivity contribution in [3.05, 3.63) is 42.5 Å². The summed E-state index contributed by atoms with van der Waals surface area (Å²) in [6, 6.07) is 5.25. The van der Waals surface area contributed by atoms with Gasteiger partial charge in [-0.3, -0.25) is 4.79 Å². The molecule has 0 aliphatic heterocycles. The minimum Gasteiger partial charge on any atom is -0.480 e. The molecule has 1 atom stereocenters. The lowest BCUT2D eigenvalue weighted by atomic mass is 10.1. The van der Waals surface area contributed by atoms with E-state index in [0.717, 1.165) is 18.4 Å². The van der Waals surface area contributed by atoms with E-state index in [1.54, 1.807) is 12.1 Å². The van der Waals surface area contributed by atoms with Crippen LogP contribution in [0.15, 0.2) is 41.8 Å². The summed E-state index contributed by atoms with van der Waals surface area (Å²) in [4.78, 5) is 11.0. The Morgan fingerprint density at radius 1 is 1.40 bits per heavy atom. The van der Waals surface area contributed by atoms with Gasteiger partial charge in [0.15, 0.2) is 0 Å². The molecule has 20 heavy (non-hydrogen) atoms. The first kappa shape index (κ1) is 16.4. The van der Waals surface area contributed by atoms with Crippen molar-refractivity contribution >= 4 is 16.0 Å². The largest absolute Gasteiger partial charge is 0.480 e. The van der Waals surface area contributed by atoms with Crippen LogP contribution < -0.4 is 4.72 Å². The zero-order valence-corrected chi connectivity index (χ0v) is 12.2. The predicted molar refractivity (Wildman–Crippen MR) is 77.0 cm³/mol. The van der Waals surface area contributed by atoms with E-state index in [-0.39, 0.29) is 11.3 Å². The first-order chi connectivity index (χ1) is 9.40. The van der Waals surface area contributed by atoms with Crippen LogP contribution in [0.1, 0.15) is 25.3 Å². The van der Waals surface area contributed by atoms with Crippen molar-refractivity contribution in [2.75, 3.05) is 0 Å². The van der Waals surface area contributed by atoms with Crippen LogP contribution >= 0.6 is 0 Å². The summed E-state index contributed by atoms with van der Waals surface area (Å²) in [6.45, 7) is 5.46. The molecule has 1 rings (SSSR count). The number of rotatable bonds is 8. The summed E-state index contributed by atoms with van der Waals surface area (Å²) in [5.74, 6) is -1.23. The van der Waals surface area contributed by atoms with Gasteiger partial charge in [-0.05, 0) is 30.5 Å². The number of hydrogen-bond acceptors (Lipinski definition) is 3. The summed E-state index contributed by atoms with van der Waals surface area (Å²) in [7, 11) is -3.84. The quantitative estimate of drug-likeness (QED) is 0.718. The highest BCUT2D eigenvalue weighted by atomic mass is 32.2. The average molecular weight is 297 g/mol. The highest BCUT2D eigenvalue weighted by molar-refractivity contribution is 7.89. The first-order valence-corrected chi connectivity index (χ1v) is 7.84. The van der Waals surface area contributed by atoms with Crippen LogP contribution in [0.25, 0.3) is 0 Å². The Hall–Kier alpha value is -1.66. The number of carbonyl (C=O) groups is 1. The number of hydrogen-bond donors (Lipinski definition) is 2. The fourth-order valence-electron chi connectivity index (χ4n) is 1.75. The van der Waals surface area contributed by atoms with Crippen LogP contribution in [0, 0.1) is 0 Å². The van der Waals surface area contributed by atoms with Gasteiger partial charge in [0.05, 0.1) is 4.90 Å². The van der Waals surface area contributed by atoms with E-state index >= 15 is 0 Å². The maximum Gasteiger partial charge on any atom is 0.322 e. The van der Waals surface area contributed by atoms with Gasteiger partial charge in [-0.25, -0.2) is 8.42 Å². The van der Waals surface area contributed by atoms with Crippen LogP contribution in [0.3, 0.4) is 0 Å². The number of aryl methyl sites for hydroxylation is 1. The Labute approximate surface area is 119 Å². The van der Waals surface area contributed by atoms with Crippen molar-refractivity contribution in [3.63, 3.8) is 0 Å². The van der Waals surface area contributed by atoms with Crippen LogP contribution in [-0.4, -0.2) is 25.5 Å². The van der Waals surface area contributed by atoms with Crippen molar-refractivity contribution in [3.8, 4) is 0 Å². The van der Waals surface area contributed by atoms with Gasteiger partial charge in [0.2, 0.25) is 10.0 Å². The molecule has 0 aliphatic carbocycles. The summed E-state index contributed by atoms with van der Waals surface area (Å²) in [6.07, 6.45) is 3.25. The van der Waals surface area contributed by atoms with Crippen molar-refractivity contribution in [1.29, 1.82) is 0 Å². The van der Waals surface area contributed by atoms with E-state index in [9.17, 15) is 13.2 Å². The van der Waals surface area contributed by atoms with E-state index in [1.807, 2.05) is 6.92 Å². The van der Waals surface area contributed by atoms with E-state index in [0.29, 0.717) is 0 Å². The molecular weight excluding hydrogens is 278 g/mol. The van der Waals surface area contributed by atoms with Crippen molar-refractivity contribution in [2.45, 2.75) is 37.1 Å². The number of nitrogens with one attached hydrogen (secondary N) is 1. The molecule has 1 aromatic rings. The second kappa shape index (κ2) is 7.21. The Morgan fingerprint density at radius 2 is 2.00 bits per heavy atom. The normalized spacial score (nSPS) is 12.8. The molecule has 0 aromatic heterocycles. The third-order valence-corrected chi connectivity index (χ3v) is 4.26. The molecule has 5 nitrogen and oxygen atoms in total. The molecule has 0 aliphatic rings. The van der Waals surface area contributed by atoms with Crippen LogP contribution in [0.2, 0.25) is 0 Å². The number of benzene rings is 1. The van der Waals surface area contributed by atoms with Gasteiger partial charge in [0.1, 0.15) is 6.04 Å². The Balaban J connectivity index is 2.92. The average Bonchev–Trinajstić information content (AvgIpc) is 2.39. The predicted octanol–water partition coefficient (Wildman–Crippen LogP) is 1.95. The topological polar surface area (TPSA) is 83.5 Å². The van der Waals surface area contributed by atoms with Crippen molar-refractivity contribution < 1.29 is 18.3 Å². The standard InChI is InChI=1S/C14H19NO4S/c1-3-5-11-7-9-12(10-8-11)20(18,19)15-13(6-4-2)14(16)17/h4,7-10,13,15H,2-3,5-6H2,1H3,(H,16,17). The van der Waals surface area contributed by atoms with E-state index in [1.165, 1.54) is 18.2 Å². The minimum absolute atomic E-state index is 0.0302. The number of sulfonamides is 1. The summed E-state index contributed by atoms with van der Waals surface area (Å²) in [5, 5.41) is 8.95. The molecule has 0 bridgehead atoms. The van der Waals surface area contributed by atoms with E-state index < -0.39 is 22.0 Å². The maximum absolute atomic E-state index is 12.1. The van der Waals surface area contributed by atoms with Crippen LogP contribution in [0.4, 0.5) is 0 Å². The van der Waals surface area contributed by atoms with Crippen LogP contribution in [0.5, 0.6) is 0 Å². The molecule has 0 saturated carbocycles. The highest BCUT2D eigenvalue weighted by Gasteiger charge is 2.24. The number of aliphatic carboxylic acids is 1. The summed E-state index contributed by atoms with van der Waals surface area (Å²) >= 11 is 0. The fourth-order valence-corrected chi connectivity index (χ4v) is 2.95. The monoisotopic (exact) mass is 297 g/mol. The highest BCUT2D eigenvalue weighted by Crippen LogP contribution is 2.13.